The van der Waals surface area contributed by atoms with Crippen LogP contribution in [0.4, 0.5) is 0 Å². The molecule has 10 heavy (non-hydrogen) atoms. The molecule has 0 saturated heterocycles. The zero-order chi connectivity index (χ0) is 8.04. The lowest BCUT2D eigenvalue weighted by Gasteiger charge is -2.25. The third-order valence-corrected chi connectivity index (χ3v) is 2.24. The lowest BCUT2D eigenvalue weighted by Crippen LogP contribution is -2.26. The first kappa shape index (κ1) is 9.56. The molecule has 0 heterocycles. The van der Waals surface area contributed by atoms with Crippen LogP contribution >= 0.6 is 0 Å². The van der Waals surface area contributed by atoms with Gasteiger partial charge in [-0.3, -0.25) is 0 Å². The zero-order valence-corrected chi connectivity index (χ0v) is 6.63. The molecule has 0 aromatic carbocycles. The molecule has 0 spiro atoms. The topological polar surface area (TPSA) is 49.7 Å². The summed E-state index contributed by atoms with van der Waals surface area (Å²) in [6, 6.07) is 0. The maximum atomic E-state index is 9.94. The van der Waals surface area contributed by atoms with Crippen molar-refractivity contribution >= 4 is 0 Å². The van der Waals surface area contributed by atoms with E-state index in [0.29, 0.717) is 0 Å². The monoisotopic (exact) mass is 145 g/mol. The molecule has 0 aromatic heterocycles. The molecular weight excluding hydrogens is 130 g/mol. The summed E-state index contributed by atoms with van der Waals surface area (Å²) in [5.74, 6) is 0. The highest BCUT2D eigenvalue weighted by atomic mass is 16.3. The number of nitrogens with zero attached hydrogens (tertiary/aromatic N) is 1. The van der Waals surface area contributed by atoms with E-state index in [0.717, 1.165) is 12.8 Å². The van der Waals surface area contributed by atoms with Crippen LogP contribution in [0.5, 0.6) is 0 Å². The summed E-state index contributed by atoms with van der Waals surface area (Å²) in [6.45, 7) is 4.22. The highest BCUT2D eigenvalue weighted by Crippen LogP contribution is 2.25. The minimum Gasteiger partial charge on any atom is -0.396 e. The Bertz CT molecular complexity index is 91.5. The second-order valence-corrected chi connectivity index (χ2v) is 2.65. The fourth-order valence-corrected chi connectivity index (χ4v) is 0.884. The van der Waals surface area contributed by atoms with Gasteiger partial charge in [-0.2, -0.15) is 4.91 Å². The molecule has 0 atom stereocenters. The summed E-state index contributed by atoms with van der Waals surface area (Å²) in [5.41, 5.74) is -0.248. The van der Waals surface area contributed by atoms with Gasteiger partial charge in [-0.1, -0.05) is 19.0 Å². The Kier molecular flexibility index (Phi) is 4.19. The molecule has 1 N–H and O–H groups in total. The van der Waals surface area contributed by atoms with Gasteiger partial charge in [0.05, 0.1) is 13.2 Å². The number of hydrogen-bond donors (Lipinski definition) is 1. The van der Waals surface area contributed by atoms with E-state index >= 15 is 0 Å². The SMILES string of the molecule is CCC(CC)(CO)CN=O. The van der Waals surface area contributed by atoms with Crippen molar-refractivity contribution < 1.29 is 5.11 Å². The first-order chi connectivity index (χ1) is 4.74. The summed E-state index contributed by atoms with van der Waals surface area (Å²) in [5, 5.41) is 11.7. The Balaban J connectivity index is 4.00. The Morgan fingerprint density at radius 1 is 1.40 bits per heavy atom. The van der Waals surface area contributed by atoms with Crippen molar-refractivity contribution in [2.75, 3.05) is 13.2 Å². The number of hydrogen-bond acceptors (Lipinski definition) is 3. The van der Waals surface area contributed by atoms with Crippen molar-refractivity contribution in [2.45, 2.75) is 26.7 Å². The van der Waals surface area contributed by atoms with Crippen molar-refractivity contribution in [3.8, 4) is 0 Å². The second kappa shape index (κ2) is 4.39. The van der Waals surface area contributed by atoms with Crippen LogP contribution in [0, 0.1) is 10.3 Å². The number of aliphatic hydroxyl groups is 1. The van der Waals surface area contributed by atoms with Crippen LogP contribution in [0.2, 0.25) is 0 Å². The average Bonchev–Trinajstić information content (AvgIpc) is 2.01. The largest absolute Gasteiger partial charge is 0.396 e. The summed E-state index contributed by atoms with van der Waals surface area (Å²) in [6.07, 6.45) is 1.62. The molecule has 3 heteroatoms. The predicted octanol–water partition coefficient (Wildman–Crippen LogP) is 1.55. The number of nitroso groups, excluding NO2 is 1. The van der Waals surface area contributed by atoms with Crippen LogP contribution in [0.1, 0.15) is 26.7 Å². The molecule has 0 amide bonds. The lowest BCUT2D eigenvalue weighted by molar-refractivity contribution is 0.123. The Labute approximate surface area is 61.4 Å². The minimum absolute atomic E-state index is 0.0613. The third kappa shape index (κ3) is 2.06. The van der Waals surface area contributed by atoms with E-state index in [1.54, 1.807) is 0 Å². The van der Waals surface area contributed by atoms with Gasteiger partial charge in [0.2, 0.25) is 0 Å². The number of rotatable bonds is 5. The van der Waals surface area contributed by atoms with Crippen molar-refractivity contribution in [2.24, 2.45) is 10.6 Å². The Morgan fingerprint density at radius 3 is 2.00 bits per heavy atom. The van der Waals surface area contributed by atoms with Crippen molar-refractivity contribution in [3.05, 3.63) is 4.91 Å². The molecule has 3 nitrogen and oxygen atoms in total. The van der Waals surface area contributed by atoms with Crippen LogP contribution in [-0.4, -0.2) is 18.3 Å². The van der Waals surface area contributed by atoms with E-state index in [1.165, 1.54) is 0 Å². The Hall–Kier alpha value is -0.440. The van der Waals surface area contributed by atoms with Gasteiger partial charge in [0.25, 0.3) is 0 Å². The Morgan fingerprint density at radius 2 is 1.90 bits per heavy atom. The van der Waals surface area contributed by atoms with Gasteiger partial charge >= 0.3 is 0 Å². The summed E-state index contributed by atoms with van der Waals surface area (Å²) in [4.78, 5) is 9.94. The summed E-state index contributed by atoms with van der Waals surface area (Å²) in [7, 11) is 0. The minimum atomic E-state index is -0.248. The zero-order valence-electron chi connectivity index (χ0n) is 6.63. The van der Waals surface area contributed by atoms with Gasteiger partial charge < -0.3 is 5.11 Å². The van der Waals surface area contributed by atoms with Crippen LogP contribution in [0.25, 0.3) is 0 Å². The predicted molar refractivity (Wildman–Crippen MR) is 40.8 cm³/mol. The van der Waals surface area contributed by atoms with E-state index in [-0.39, 0.29) is 18.6 Å². The molecule has 0 aromatic rings. The molecule has 0 radical (unpaired) electrons. The maximum Gasteiger partial charge on any atom is 0.0889 e. The standard InChI is InChI=1S/C7H15NO2/c1-3-7(4-2,6-9)5-8-10/h9H,3-6H2,1-2H3. The highest BCUT2D eigenvalue weighted by Gasteiger charge is 2.25. The molecule has 60 valence electrons. The first-order valence-corrected chi connectivity index (χ1v) is 3.64. The fraction of sp³-hybridized carbons (Fsp3) is 1.00. The average molecular weight is 145 g/mol. The summed E-state index contributed by atoms with van der Waals surface area (Å²) >= 11 is 0. The normalized spacial score (nSPS) is 11.5. The third-order valence-electron chi connectivity index (χ3n) is 2.24. The summed E-state index contributed by atoms with van der Waals surface area (Å²) < 4.78 is 0. The quantitative estimate of drug-likeness (QED) is 0.597. The van der Waals surface area contributed by atoms with E-state index in [9.17, 15) is 4.91 Å². The van der Waals surface area contributed by atoms with Gasteiger partial charge in [0.1, 0.15) is 0 Å². The van der Waals surface area contributed by atoms with E-state index < -0.39 is 0 Å². The van der Waals surface area contributed by atoms with Crippen LogP contribution in [-0.2, 0) is 0 Å². The first-order valence-electron chi connectivity index (χ1n) is 3.64. The van der Waals surface area contributed by atoms with Crippen LogP contribution < -0.4 is 0 Å². The molecule has 0 fully saturated rings. The highest BCUT2D eigenvalue weighted by molar-refractivity contribution is 4.77. The smallest absolute Gasteiger partial charge is 0.0889 e. The van der Waals surface area contributed by atoms with Gasteiger partial charge in [-0.25, -0.2) is 0 Å². The van der Waals surface area contributed by atoms with E-state index in [1.807, 2.05) is 13.8 Å². The van der Waals surface area contributed by atoms with Crippen LogP contribution in [0.3, 0.4) is 0 Å². The van der Waals surface area contributed by atoms with Gasteiger partial charge in [-0.05, 0) is 12.8 Å². The molecular formula is C7H15NO2. The molecule has 0 rings (SSSR count). The lowest BCUT2D eigenvalue weighted by atomic mass is 9.83. The van der Waals surface area contributed by atoms with Crippen LogP contribution in [0.15, 0.2) is 5.18 Å². The van der Waals surface area contributed by atoms with E-state index in [2.05, 4.69) is 5.18 Å². The van der Waals surface area contributed by atoms with Gasteiger partial charge in [-0.15, -0.1) is 0 Å². The number of aliphatic hydroxyl groups excluding tert-OH is 1. The maximum absolute atomic E-state index is 9.94. The van der Waals surface area contributed by atoms with Crippen molar-refractivity contribution in [3.63, 3.8) is 0 Å². The second-order valence-electron chi connectivity index (χ2n) is 2.65. The van der Waals surface area contributed by atoms with Gasteiger partial charge in [0.15, 0.2) is 0 Å². The molecule has 0 aliphatic carbocycles. The van der Waals surface area contributed by atoms with Gasteiger partial charge in [0, 0.05) is 5.41 Å². The van der Waals surface area contributed by atoms with Crippen molar-refractivity contribution in [1.82, 2.24) is 0 Å². The van der Waals surface area contributed by atoms with E-state index in [4.69, 9.17) is 5.11 Å². The van der Waals surface area contributed by atoms with Crippen molar-refractivity contribution in [1.29, 1.82) is 0 Å². The molecule has 0 aliphatic rings. The fourth-order valence-electron chi connectivity index (χ4n) is 0.884. The molecule has 0 unspecified atom stereocenters. The molecule has 0 bridgehead atoms. The molecule has 0 aliphatic heterocycles. The molecule has 0 saturated carbocycles.